The lowest BCUT2D eigenvalue weighted by Gasteiger charge is -2.50. The molecule has 2 aliphatic rings. The van der Waals surface area contributed by atoms with Crippen molar-refractivity contribution >= 4 is 50.4 Å². The first-order chi connectivity index (χ1) is 25.3. The van der Waals surface area contributed by atoms with Gasteiger partial charge in [0.15, 0.2) is 16.9 Å². The molecule has 3 aromatic rings. The molecule has 0 saturated carbocycles. The number of carbonyl (C=O) groups excluding carboxylic acids is 2. The van der Waals surface area contributed by atoms with Gasteiger partial charge in [-0.15, -0.1) is 15.6 Å². The number of amides is 2. The number of ether oxygens (including phenoxy) is 1. The number of aromatic nitrogens is 3. The smallest absolute Gasteiger partial charge is 0.418 e. The number of aliphatic hydroxyl groups excluding tert-OH is 1. The first kappa shape index (κ1) is 40.3. The maximum atomic E-state index is 13.5. The van der Waals surface area contributed by atoms with E-state index in [4.69, 9.17) is 31.0 Å². The number of hydroxylamine groups is 2. The van der Waals surface area contributed by atoms with Gasteiger partial charge < -0.3 is 45.7 Å². The fraction of sp³-hybridized carbons (Fsp3) is 0.500. The van der Waals surface area contributed by atoms with Crippen LogP contribution >= 0.6 is 11.3 Å². The molecule has 22 heteroatoms. The van der Waals surface area contributed by atoms with Crippen LogP contribution in [0.25, 0.3) is 11.3 Å². The number of nitrogens with two attached hydrogens (primary N) is 2. The van der Waals surface area contributed by atoms with E-state index >= 15 is 0 Å². The summed E-state index contributed by atoms with van der Waals surface area (Å²) in [6.45, 7) is 7.00. The van der Waals surface area contributed by atoms with Gasteiger partial charge in [-0.3, -0.25) is 19.6 Å². The molecular formula is C32H43N9O11S2. The fourth-order valence-corrected chi connectivity index (χ4v) is 7.08. The fourth-order valence-electron chi connectivity index (χ4n) is 6.08. The Morgan fingerprint density at radius 2 is 2.06 bits per heavy atom. The van der Waals surface area contributed by atoms with Crippen LogP contribution in [0.2, 0.25) is 0 Å². The predicted octanol–water partition coefficient (Wildman–Crippen LogP) is 0.392. The van der Waals surface area contributed by atoms with E-state index in [9.17, 15) is 33.0 Å². The summed E-state index contributed by atoms with van der Waals surface area (Å²) in [7, 11) is -5.05. The molecule has 5 rings (SSSR count). The molecule has 0 bridgehead atoms. The number of aliphatic carboxylic acids is 1. The number of β-lactam (4-membered cyclic amide) rings is 1. The number of hydrogen-bond acceptors (Lipinski definition) is 15. The zero-order valence-corrected chi connectivity index (χ0v) is 31.5. The molecule has 1 aromatic carbocycles. The van der Waals surface area contributed by atoms with E-state index in [0.717, 1.165) is 28.2 Å². The highest BCUT2D eigenvalue weighted by Gasteiger charge is 2.58. The average molecular weight is 794 g/mol. The lowest BCUT2D eigenvalue weighted by atomic mass is 9.84. The van der Waals surface area contributed by atoms with Crippen LogP contribution in [0.3, 0.4) is 0 Å². The standard InChI is InChI=1S/C32H43N9O11S2/c1-5-19(42)14-39-15-21(40(30(39)35)12-6-11-33)17-7-9-22-18(13-17)8-10-23(50-22)32(4,28(45)46)51-38-24(20-16-53-29(34)36-20)26(43)37-25-27(44)41(31(25,2)3)52-54(47,48)49/h7,9,13,15-16,19,23,25,35,42H,5-6,8,10-12,14,33H2,1-4H3,(H2,34,36)(H,37,43)(H,45,46)(H,47,48,49)/b35-30?,38-24-/t19-,23-,25-,32+/m1/s1. The molecule has 0 spiro atoms. The molecule has 9 N–H and O–H groups in total. The summed E-state index contributed by atoms with van der Waals surface area (Å²) in [4.78, 5) is 48.7. The van der Waals surface area contributed by atoms with Crippen molar-refractivity contribution in [2.75, 3.05) is 12.3 Å². The van der Waals surface area contributed by atoms with Gasteiger partial charge in [0.05, 0.1) is 23.9 Å². The number of carboxylic acids is 1. The summed E-state index contributed by atoms with van der Waals surface area (Å²) in [6, 6.07) is 4.02. The molecule has 4 atom stereocenters. The van der Waals surface area contributed by atoms with Crippen molar-refractivity contribution in [3.63, 3.8) is 0 Å². The summed E-state index contributed by atoms with van der Waals surface area (Å²) >= 11 is 0.955. The molecule has 294 valence electrons. The summed E-state index contributed by atoms with van der Waals surface area (Å²) in [5.74, 6) is -3.11. The van der Waals surface area contributed by atoms with Crippen molar-refractivity contribution in [1.29, 1.82) is 5.41 Å². The number of hydrogen-bond donors (Lipinski definition) is 7. The number of fused-ring (bicyclic) bond motifs is 1. The highest BCUT2D eigenvalue weighted by Crippen LogP contribution is 2.37. The summed E-state index contributed by atoms with van der Waals surface area (Å²) < 4.78 is 45.5. The number of thiazole rings is 1. The Morgan fingerprint density at radius 3 is 2.65 bits per heavy atom. The number of carbonyl (C=O) groups is 3. The Morgan fingerprint density at radius 1 is 1.33 bits per heavy atom. The van der Waals surface area contributed by atoms with Crippen molar-refractivity contribution in [2.45, 2.75) is 95.9 Å². The molecule has 2 aliphatic heterocycles. The van der Waals surface area contributed by atoms with Crippen LogP contribution in [0.1, 0.15) is 58.2 Å². The lowest BCUT2D eigenvalue weighted by molar-refractivity contribution is -0.218. The molecule has 20 nitrogen and oxygen atoms in total. The van der Waals surface area contributed by atoms with Crippen LogP contribution < -0.4 is 27.1 Å². The average Bonchev–Trinajstić information content (AvgIpc) is 3.68. The van der Waals surface area contributed by atoms with Crippen LogP contribution in [0.15, 0.2) is 34.9 Å². The van der Waals surface area contributed by atoms with Gasteiger partial charge in [0.2, 0.25) is 5.62 Å². The number of rotatable bonds is 16. The van der Waals surface area contributed by atoms with E-state index in [1.165, 1.54) is 26.2 Å². The van der Waals surface area contributed by atoms with Crippen LogP contribution in [0.5, 0.6) is 5.75 Å². The maximum absolute atomic E-state index is 13.5. The van der Waals surface area contributed by atoms with Crippen molar-refractivity contribution in [3.8, 4) is 17.0 Å². The zero-order valence-electron chi connectivity index (χ0n) is 29.9. The van der Waals surface area contributed by atoms with Crippen molar-refractivity contribution in [3.05, 3.63) is 46.7 Å². The molecule has 2 aromatic heterocycles. The number of aliphatic hydroxyl groups is 1. The number of anilines is 1. The third-order valence-corrected chi connectivity index (χ3v) is 10.3. The van der Waals surface area contributed by atoms with Crippen LogP contribution in [-0.2, 0) is 53.4 Å². The second-order valence-electron chi connectivity index (χ2n) is 13.5. The van der Waals surface area contributed by atoms with Gasteiger partial charge in [0.1, 0.15) is 17.5 Å². The Hall–Kier alpha value is -4.87. The molecule has 4 heterocycles. The SMILES string of the molecule is CC[C@@H](O)Cn1cc(-c2ccc3c(c2)CC[C@H]([C@](C)(O/N=C(\C(=O)N[C@@H]2C(=O)N(OS(=O)(=O)O)C2(C)C)c2csc(N)n2)C(=O)O)O3)n(CCCN)c1=N. The zero-order chi connectivity index (χ0) is 39.7. The molecule has 2 amide bonds. The van der Waals surface area contributed by atoms with E-state index < -0.39 is 63.3 Å². The molecule has 1 saturated heterocycles. The monoisotopic (exact) mass is 793 g/mol. The minimum atomic E-state index is -5.05. The van der Waals surface area contributed by atoms with Gasteiger partial charge in [-0.2, -0.15) is 13.5 Å². The third-order valence-electron chi connectivity index (χ3n) is 9.33. The van der Waals surface area contributed by atoms with Crippen LogP contribution in [0, 0.1) is 5.41 Å². The molecule has 0 radical (unpaired) electrons. The quantitative estimate of drug-likeness (QED) is 0.0447. The second kappa shape index (κ2) is 15.5. The topological polar surface area (TPSA) is 300 Å². The third kappa shape index (κ3) is 8.12. The Balaban J connectivity index is 1.39. The number of carboxylic acid groups (broad SMARTS) is 1. The first-order valence-corrected chi connectivity index (χ1v) is 19.1. The van der Waals surface area contributed by atoms with Gasteiger partial charge in [-0.05, 0) is 76.8 Å². The Kier molecular flexibility index (Phi) is 11.6. The van der Waals surface area contributed by atoms with Crippen molar-refractivity contribution in [1.82, 2.24) is 24.5 Å². The lowest BCUT2D eigenvalue weighted by Crippen LogP contribution is -2.76. The number of imidazole rings is 1. The number of nitrogens with zero attached hydrogens (tertiary/aromatic N) is 5. The van der Waals surface area contributed by atoms with E-state index in [0.29, 0.717) is 43.2 Å². The van der Waals surface area contributed by atoms with Gasteiger partial charge in [-0.25, -0.2) is 9.78 Å². The van der Waals surface area contributed by atoms with E-state index in [2.05, 4.69) is 19.7 Å². The van der Waals surface area contributed by atoms with E-state index in [1.807, 2.05) is 23.8 Å². The van der Waals surface area contributed by atoms with E-state index in [-0.39, 0.29) is 29.4 Å². The van der Waals surface area contributed by atoms with E-state index in [1.54, 1.807) is 16.7 Å². The normalized spacial score (nSPS) is 19.9. The largest absolute Gasteiger partial charge is 0.485 e. The van der Waals surface area contributed by atoms with Gasteiger partial charge in [0.25, 0.3) is 17.4 Å². The van der Waals surface area contributed by atoms with Gasteiger partial charge in [-0.1, -0.05) is 12.1 Å². The van der Waals surface area contributed by atoms with Crippen molar-refractivity contribution < 1.29 is 51.4 Å². The minimum absolute atomic E-state index is 0.0461. The highest BCUT2D eigenvalue weighted by molar-refractivity contribution is 7.80. The summed E-state index contributed by atoms with van der Waals surface area (Å²) in [5.41, 5.74) is 9.82. The summed E-state index contributed by atoms with van der Waals surface area (Å²) in [6.07, 6.45) is 1.78. The number of nitrogen functional groups attached to an aromatic ring is 1. The minimum Gasteiger partial charge on any atom is -0.485 e. The molecule has 0 unspecified atom stereocenters. The highest BCUT2D eigenvalue weighted by atomic mass is 32.3. The number of nitrogens with one attached hydrogen (secondary N) is 2. The predicted molar refractivity (Wildman–Crippen MR) is 192 cm³/mol. The second-order valence-corrected chi connectivity index (χ2v) is 15.4. The first-order valence-electron chi connectivity index (χ1n) is 16.9. The molecule has 54 heavy (non-hydrogen) atoms. The van der Waals surface area contributed by atoms with Crippen molar-refractivity contribution in [2.24, 2.45) is 10.9 Å². The van der Waals surface area contributed by atoms with Crippen LogP contribution in [-0.4, -0.2) is 102 Å². The number of aryl methyl sites for hydroxylation is 1. The van der Waals surface area contributed by atoms with Gasteiger partial charge in [0, 0.05) is 23.7 Å². The molecule has 0 aliphatic carbocycles. The summed E-state index contributed by atoms with van der Waals surface area (Å²) in [5, 5.41) is 37.5. The Labute approximate surface area is 313 Å². The van der Waals surface area contributed by atoms with Gasteiger partial charge >= 0.3 is 16.4 Å². The van der Waals surface area contributed by atoms with Crippen LogP contribution in [0.4, 0.5) is 5.13 Å². The number of benzene rings is 1. The maximum Gasteiger partial charge on any atom is 0.418 e. The molecule has 1 fully saturated rings. The Bertz CT molecular complexity index is 2130. The number of oxime groups is 1. The molecular weight excluding hydrogens is 751 g/mol.